The number of aryl methyl sites for hydroxylation is 1. The Morgan fingerprint density at radius 3 is 2.74 bits per heavy atom. The van der Waals surface area contributed by atoms with Crippen molar-refractivity contribution in [1.82, 2.24) is 34.7 Å². The topological polar surface area (TPSA) is 149 Å². The minimum atomic E-state index is -0.829. The molecule has 39 heavy (non-hydrogen) atoms. The van der Waals surface area contributed by atoms with Gasteiger partial charge in [-0.05, 0) is 43.7 Å². The summed E-state index contributed by atoms with van der Waals surface area (Å²) < 4.78 is 12.1. The molecule has 1 aliphatic rings. The number of tetrazole rings is 1. The number of likely N-dealkylation sites (tertiary alicyclic amines) is 1. The Morgan fingerprint density at radius 1 is 1.21 bits per heavy atom. The SMILES string of the molecule is COC(=O)N1CC(n2nnc(-c3ccc(C)c(NC(=O)c4cnn5ccc(OCCC(C)(C)O)cc45)c3)n2)C1. The molecule has 1 saturated heterocycles. The number of nitrogens with one attached hydrogen (secondary N) is 1. The number of pyridine rings is 1. The van der Waals surface area contributed by atoms with Crippen LogP contribution in [-0.4, -0.2) is 84.2 Å². The zero-order valence-electron chi connectivity index (χ0n) is 22.2. The number of aromatic nitrogens is 6. The molecule has 1 aliphatic heterocycles. The molecule has 204 valence electrons. The van der Waals surface area contributed by atoms with Crippen LogP contribution in [0.25, 0.3) is 16.9 Å². The summed E-state index contributed by atoms with van der Waals surface area (Å²) in [5, 5.41) is 29.9. The van der Waals surface area contributed by atoms with E-state index in [1.165, 1.54) is 18.1 Å². The summed E-state index contributed by atoms with van der Waals surface area (Å²) in [5.74, 6) is 0.661. The third kappa shape index (κ3) is 5.67. The minimum Gasteiger partial charge on any atom is -0.493 e. The highest BCUT2D eigenvalue weighted by atomic mass is 16.5. The highest BCUT2D eigenvalue weighted by Crippen LogP contribution is 2.26. The van der Waals surface area contributed by atoms with Crippen molar-refractivity contribution in [3.05, 3.63) is 53.9 Å². The van der Waals surface area contributed by atoms with Crippen LogP contribution in [0.2, 0.25) is 0 Å². The normalized spacial score (nSPS) is 13.8. The Hall–Kier alpha value is -4.52. The quantitative estimate of drug-likeness (QED) is 0.348. The lowest BCUT2D eigenvalue weighted by molar-refractivity contribution is 0.0553. The number of carbonyl (C=O) groups is 2. The fraction of sp³-hybridized carbons (Fsp3) is 0.385. The van der Waals surface area contributed by atoms with Gasteiger partial charge < -0.3 is 24.8 Å². The van der Waals surface area contributed by atoms with Gasteiger partial charge in [0.15, 0.2) is 0 Å². The second-order valence-electron chi connectivity index (χ2n) is 10.1. The predicted octanol–water partition coefficient (Wildman–Crippen LogP) is 2.71. The van der Waals surface area contributed by atoms with E-state index in [1.54, 1.807) is 47.7 Å². The molecule has 4 heterocycles. The number of carbonyl (C=O) groups excluding carboxylic acids is 2. The van der Waals surface area contributed by atoms with E-state index in [0.717, 1.165) is 5.56 Å². The first-order valence-corrected chi connectivity index (χ1v) is 12.5. The van der Waals surface area contributed by atoms with Crippen LogP contribution in [0.1, 0.15) is 42.2 Å². The summed E-state index contributed by atoms with van der Waals surface area (Å²) in [6.07, 6.45) is 3.31. The van der Waals surface area contributed by atoms with Crippen LogP contribution in [0.3, 0.4) is 0 Å². The van der Waals surface area contributed by atoms with Crippen LogP contribution in [0, 0.1) is 6.92 Å². The van der Waals surface area contributed by atoms with Crippen molar-refractivity contribution < 1.29 is 24.2 Å². The molecular weight excluding hydrogens is 504 g/mol. The smallest absolute Gasteiger partial charge is 0.409 e. The van der Waals surface area contributed by atoms with Gasteiger partial charge in [0.05, 0.1) is 49.7 Å². The van der Waals surface area contributed by atoms with E-state index in [1.807, 2.05) is 19.1 Å². The standard InChI is InChI=1S/C26H30N8O5/c1-16-5-6-17(23-29-31-34(30-23)18-14-32(15-18)25(36)38-4)11-21(16)28-24(35)20-13-27-33-9-7-19(12-22(20)33)39-10-8-26(2,3)37/h5-7,9,11-13,18,37H,8,10,14-15H2,1-4H3,(H,28,35). The fourth-order valence-electron chi connectivity index (χ4n) is 4.10. The van der Waals surface area contributed by atoms with E-state index in [0.29, 0.717) is 60.0 Å². The maximum absolute atomic E-state index is 13.3. The lowest BCUT2D eigenvalue weighted by atomic mass is 10.1. The summed E-state index contributed by atoms with van der Waals surface area (Å²) in [6, 6.07) is 8.97. The first kappa shape index (κ1) is 26.1. The molecule has 4 aromatic rings. The second-order valence-corrected chi connectivity index (χ2v) is 10.1. The summed E-state index contributed by atoms with van der Waals surface area (Å²) in [5.41, 5.74) is 2.30. The molecule has 1 fully saturated rings. The molecule has 13 nitrogen and oxygen atoms in total. The first-order chi connectivity index (χ1) is 18.6. The molecule has 3 aromatic heterocycles. The molecule has 0 atom stereocenters. The monoisotopic (exact) mass is 534 g/mol. The molecule has 5 rings (SSSR count). The fourth-order valence-corrected chi connectivity index (χ4v) is 4.10. The average Bonchev–Trinajstić information content (AvgIpc) is 3.51. The lowest BCUT2D eigenvalue weighted by Gasteiger charge is -2.36. The van der Waals surface area contributed by atoms with Gasteiger partial charge in [-0.1, -0.05) is 12.1 Å². The molecular formula is C26H30N8O5. The Kier molecular flexibility index (Phi) is 6.91. The van der Waals surface area contributed by atoms with Crippen molar-refractivity contribution in [2.45, 2.75) is 38.8 Å². The van der Waals surface area contributed by atoms with E-state index >= 15 is 0 Å². The second kappa shape index (κ2) is 10.3. The van der Waals surface area contributed by atoms with Gasteiger partial charge in [-0.3, -0.25) is 4.79 Å². The highest BCUT2D eigenvalue weighted by Gasteiger charge is 2.34. The van der Waals surface area contributed by atoms with E-state index < -0.39 is 5.60 Å². The van der Waals surface area contributed by atoms with Gasteiger partial charge in [-0.25, -0.2) is 9.31 Å². The maximum atomic E-state index is 13.3. The number of ether oxygens (including phenoxy) is 2. The molecule has 2 amide bonds. The number of amides is 2. The number of methoxy groups -OCH3 is 1. The van der Waals surface area contributed by atoms with Crippen molar-refractivity contribution >= 4 is 23.2 Å². The molecule has 0 radical (unpaired) electrons. The van der Waals surface area contributed by atoms with Gasteiger partial charge in [0, 0.05) is 29.9 Å². The predicted molar refractivity (Wildman–Crippen MR) is 141 cm³/mol. The van der Waals surface area contributed by atoms with E-state index in [2.05, 4.69) is 25.8 Å². The van der Waals surface area contributed by atoms with Crippen molar-refractivity contribution in [2.24, 2.45) is 0 Å². The molecule has 0 spiro atoms. The number of aliphatic hydroxyl groups is 1. The molecule has 1 aromatic carbocycles. The van der Waals surface area contributed by atoms with Crippen LogP contribution in [0.15, 0.2) is 42.7 Å². The third-order valence-electron chi connectivity index (χ3n) is 6.51. The molecule has 0 saturated carbocycles. The van der Waals surface area contributed by atoms with Crippen LogP contribution in [0.5, 0.6) is 5.75 Å². The van der Waals surface area contributed by atoms with Gasteiger partial charge in [0.25, 0.3) is 5.91 Å². The number of rotatable bonds is 8. The zero-order chi connectivity index (χ0) is 27.7. The number of nitrogens with zero attached hydrogens (tertiary/aromatic N) is 7. The van der Waals surface area contributed by atoms with Gasteiger partial charge >= 0.3 is 6.09 Å². The van der Waals surface area contributed by atoms with Crippen molar-refractivity contribution in [1.29, 1.82) is 0 Å². The Morgan fingerprint density at radius 2 is 2.00 bits per heavy atom. The number of hydrogen-bond donors (Lipinski definition) is 2. The average molecular weight is 535 g/mol. The van der Waals surface area contributed by atoms with Gasteiger partial charge in [0.1, 0.15) is 11.8 Å². The number of hydrogen-bond acceptors (Lipinski definition) is 9. The van der Waals surface area contributed by atoms with E-state index in [9.17, 15) is 14.7 Å². The summed E-state index contributed by atoms with van der Waals surface area (Å²) in [6.45, 7) is 6.58. The van der Waals surface area contributed by atoms with Crippen molar-refractivity contribution in [2.75, 3.05) is 32.1 Å². The largest absolute Gasteiger partial charge is 0.493 e. The number of benzene rings is 1. The molecule has 2 N–H and O–H groups in total. The van der Waals surface area contributed by atoms with Gasteiger partial charge in [0.2, 0.25) is 5.82 Å². The third-order valence-corrected chi connectivity index (χ3v) is 6.51. The molecule has 0 aliphatic carbocycles. The minimum absolute atomic E-state index is 0.0745. The van der Waals surface area contributed by atoms with Crippen LogP contribution in [-0.2, 0) is 4.74 Å². The van der Waals surface area contributed by atoms with Crippen LogP contribution >= 0.6 is 0 Å². The number of fused-ring (bicyclic) bond motifs is 1. The Labute approximate surface area is 224 Å². The summed E-state index contributed by atoms with van der Waals surface area (Å²) in [4.78, 5) is 27.9. The lowest BCUT2D eigenvalue weighted by Crippen LogP contribution is -2.51. The van der Waals surface area contributed by atoms with Gasteiger partial charge in [-0.2, -0.15) is 9.90 Å². The van der Waals surface area contributed by atoms with E-state index in [4.69, 9.17) is 9.47 Å². The molecule has 0 bridgehead atoms. The zero-order valence-corrected chi connectivity index (χ0v) is 22.2. The summed E-state index contributed by atoms with van der Waals surface area (Å²) >= 11 is 0. The Balaban J connectivity index is 1.30. The van der Waals surface area contributed by atoms with E-state index in [-0.39, 0.29) is 18.0 Å². The van der Waals surface area contributed by atoms with Crippen LogP contribution in [0.4, 0.5) is 10.5 Å². The Bertz CT molecular complexity index is 1520. The van der Waals surface area contributed by atoms with Gasteiger partial charge in [-0.15, -0.1) is 10.2 Å². The van der Waals surface area contributed by atoms with Crippen molar-refractivity contribution in [3.63, 3.8) is 0 Å². The molecule has 0 unspecified atom stereocenters. The van der Waals surface area contributed by atoms with Crippen LogP contribution < -0.4 is 10.1 Å². The summed E-state index contributed by atoms with van der Waals surface area (Å²) in [7, 11) is 1.35. The molecule has 13 heteroatoms. The van der Waals surface area contributed by atoms with Crippen molar-refractivity contribution in [3.8, 4) is 17.1 Å². The highest BCUT2D eigenvalue weighted by molar-refractivity contribution is 6.09. The maximum Gasteiger partial charge on any atom is 0.409 e. The number of anilines is 1. The first-order valence-electron chi connectivity index (χ1n) is 12.5.